The van der Waals surface area contributed by atoms with Crippen molar-refractivity contribution in [1.82, 2.24) is 20.1 Å². The Morgan fingerprint density at radius 1 is 1.16 bits per heavy atom. The topological polar surface area (TPSA) is 132 Å². The fraction of sp³-hybridized carbons (Fsp3) is 0.286. The van der Waals surface area contributed by atoms with Crippen molar-refractivity contribution in [3.8, 4) is 17.0 Å². The van der Waals surface area contributed by atoms with Gasteiger partial charge in [-0.3, -0.25) is 9.59 Å². The van der Waals surface area contributed by atoms with Gasteiger partial charge in [0.25, 0.3) is 11.8 Å². The maximum atomic E-state index is 15.5. The summed E-state index contributed by atoms with van der Waals surface area (Å²) in [4.78, 5) is 28.7. The zero-order chi connectivity index (χ0) is 33.0. The van der Waals surface area contributed by atoms with Crippen molar-refractivity contribution in [3.63, 3.8) is 0 Å². The third-order valence-electron chi connectivity index (χ3n) is 7.36. The molecule has 0 spiro atoms. The van der Waals surface area contributed by atoms with Crippen molar-refractivity contribution in [2.45, 2.75) is 30.9 Å². The molecule has 1 fully saturated rings. The van der Waals surface area contributed by atoms with Crippen LogP contribution in [0, 0.1) is 23.4 Å². The van der Waals surface area contributed by atoms with E-state index in [-0.39, 0.29) is 28.3 Å². The van der Waals surface area contributed by atoms with Crippen molar-refractivity contribution < 1.29 is 50.2 Å². The van der Waals surface area contributed by atoms with Crippen molar-refractivity contribution in [2.75, 3.05) is 13.7 Å². The fourth-order valence-electron chi connectivity index (χ4n) is 4.83. The van der Waals surface area contributed by atoms with Crippen LogP contribution >= 0.6 is 11.6 Å². The third kappa shape index (κ3) is 5.75. The lowest BCUT2D eigenvalue weighted by molar-refractivity contribution is -0.143. The molecule has 4 N–H and O–H groups in total. The average Bonchev–Trinajstić information content (AvgIpc) is 3.76. The van der Waals surface area contributed by atoms with Crippen molar-refractivity contribution in [3.05, 3.63) is 75.8 Å². The van der Waals surface area contributed by atoms with Crippen LogP contribution in [0.3, 0.4) is 0 Å². The van der Waals surface area contributed by atoms with Gasteiger partial charge in [0, 0.05) is 28.8 Å². The van der Waals surface area contributed by atoms with Crippen LogP contribution in [0.5, 0.6) is 5.75 Å². The molecule has 2 heterocycles. The highest BCUT2D eigenvalue weighted by Crippen LogP contribution is 2.47. The lowest BCUT2D eigenvalue weighted by Crippen LogP contribution is -2.44. The first-order valence-electron chi connectivity index (χ1n) is 13.0. The Labute approximate surface area is 253 Å². The predicted octanol–water partition coefficient (Wildman–Crippen LogP) is 5.18. The molecule has 2 amide bonds. The van der Waals surface area contributed by atoms with Crippen LogP contribution in [0.2, 0.25) is 5.02 Å². The number of rotatable bonds is 10. The normalized spacial score (nSPS) is 14.9. The molecule has 0 saturated heterocycles. The number of benzene rings is 2. The summed E-state index contributed by atoms with van der Waals surface area (Å²) >= 11 is 5.71. The molecular weight excluding hydrogens is 639 g/mol. The molecule has 1 aliphatic rings. The van der Waals surface area contributed by atoms with E-state index in [0.717, 1.165) is 6.20 Å². The minimum atomic E-state index is -4.68. The highest BCUT2D eigenvalue weighted by atomic mass is 35.5. The molecule has 9 nitrogen and oxygen atoms in total. The number of hydrogen-bond acceptors (Lipinski definition) is 6. The smallest absolute Gasteiger partial charge is 0.352 e. The van der Waals surface area contributed by atoms with Gasteiger partial charge in [-0.2, -0.15) is 22.7 Å². The Morgan fingerprint density at radius 2 is 1.84 bits per heavy atom. The number of primary amides is 1. The molecule has 4 aromatic rings. The number of ether oxygens (including phenoxy) is 1. The molecular formula is C28H21ClF7N5O4. The third-order valence-corrected chi connectivity index (χ3v) is 7.65. The molecule has 0 radical (unpaired) electrons. The van der Waals surface area contributed by atoms with Gasteiger partial charge in [0.2, 0.25) is 0 Å². The van der Waals surface area contributed by atoms with Gasteiger partial charge in [-0.25, -0.2) is 22.8 Å². The number of pyridine rings is 1. The van der Waals surface area contributed by atoms with Crippen LogP contribution in [-0.2, 0) is 16.3 Å². The molecule has 0 unspecified atom stereocenters. The van der Waals surface area contributed by atoms with E-state index in [4.69, 9.17) is 22.1 Å². The maximum Gasteiger partial charge on any atom is 0.352 e. The minimum Gasteiger partial charge on any atom is -0.494 e. The number of nitrogens with zero attached hydrogens (tertiary/aromatic N) is 3. The Kier molecular flexibility index (Phi) is 8.16. The van der Waals surface area contributed by atoms with Crippen LogP contribution in [0.25, 0.3) is 22.2 Å². The summed E-state index contributed by atoms with van der Waals surface area (Å²) in [5.41, 5.74) is -1.93. The Hall–Kier alpha value is -4.44. The summed E-state index contributed by atoms with van der Waals surface area (Å²) in [6.45, 7) is -3.70. The van der Waals surface area contributed by atoms with E-state index in [2.05, 4.69) is 15.4 Å². The van der Waals surface area contributed by atoms with Gasteiger partial charge >= 0.3 is 12.5 Å². The summed E-state index contributed by atoms with van der Waals surface area (Å²) in [5.74, 6) is -13.2. The number of aromatic nitrogens is 3. The lowest BCUT2D eigenvalue weighted by Gasteiger charge is -2.30. The number of fused-ring (bicyclic) bond motifs is 1. The van der Waals surface area contributed by atoms with Gasteiger partial charge < -0.3 is 20.9 Å². The molecule has 2 aromatic heterocycles. The monoisotopic (exact) mass is 659 g/mol. The standard InChI is InChI=1S/C28H21ClF7N5O4/c1-45-19-5-11(4-12-9-41(26(33)34)40-22(12)19)24(42)38-10-27(44,13-2-3-13)20-7-15(28(35,36)25(37)43)21(32)23(39-20)14-6-16(29)18(31)8-17(14)30/h4-9,13,26,44H,2-3,10H2,1H3,(H2,37,43)(H,38,42)/t27-/m1/s1. The van der Waals surface area contributed by atoms with Crippen molar-refractivity contribution >= 4 is 34.3 Å². The number of halogens is 8. The largest absolute Gasteiger partial charge is 0.494 e. The zero-order valence-electron chi connectivity index (χ0n) is 22.9. The average molecular weight is 660 g/mol. The van der Waals surface area contributed by atoms with Gasteiger partial charge in [0.1, 0.15) is 34.2 Å². The second-order valence-corrected chi connectivity index (χ2v) is 10.7. The quantitative estimate of drug-likeness (QED) is 0.159. The Bertz CT molecular complexity index is 1850. The molecule has 1 atom stereocenters. The molecule has 0 aliphatic heterocycles. The van der Waals surface area contributed by atoms with E-state index in [0.29, 0.717) is 29.7 Å². The number of nitrogens with two attached hydrogens (primary N) is 1. The molecule has 1 aliphatic carbocycles. The molecule has 1 saturated carbocycles. The van der Waals surface area contributed by atoms with Crippen LogP contribution in [0.1, 0.15) is 41.0 Å². The van der Waals surface area contributed by atoms with Gasteiger partial charge in [-0.15, -0.1) is 0 Å². The van der Waals surface area contributed by atoms with E-state index in [1.165, 1.54) is 19.2 Å². The summed E-state index contributed by atoms with van der Waals surface area (Å²) < 4.78 is 106. The Balaban J connectivity index is 1.58. The van der Waals surface area contributed by atoms with E-state index in [1.54, 1.807) is 0 Å². The maximum absolute atomic E-state index is 15.5. The summed E-state index contributed by atoms with van der Waals surface area (Å²) in [6, 6.07) is 3.64. The van der Waals surface area contributed by atoms with E-state index < -0.39 is 87.3 Å². The van der Waals surface area contributed by atoms with Crippen molar-refractivity contribution in [1.29, 1.82) is 0 Å². The van der Waals surface area contributed by atoms with Crippen molar-refractivity contribution in [2.24, 2.45) is 11.7 Å². The number of methoxy groups -OCH3 is 1. The van der Waals surface area contributed by atoms with Gasteiger partial charge in [-0.1, -0.05) is 11.6 Å². The first-order valence-corrected chi connectivity index (χ1v) is 13.4. The van der Waals surface area contributed by atoms with Crippen LogP contribution in [0.4, 0.5) is 30.7 Å². The first kappa shape index (κ1) is 32.0. The molecule has 2 aromatic carbocycles. The molecule has 45 heavy (non-hydrogen) atoms. The molecule has 0 bridgehead atoms. The number of alkyl halides is 4. The van der Waals surface area contributed by atoms with E-state index >= 15 is 4.39 Å². The molecule has 5 rings (SSSR count). The van der Waals surface area contributed by atoms with Crippen LogP contribution in [0.15, 0.2) is 36.5 Å². The first-order chi connectivity index (χ1) is 21.1. The highest BCUT2D eigenvalue weighted by Gasteiger charge is 2.50. The number of hydrogen-bond donors (Lipinski definition) is 3. The van der Waals surface area contributed by atoms with E-state index in [9.17, 15) is 41.0 Å². The van der Waals surface area contributed by atoms with Gasteiger partial charge in [-0.05, 0) is 43.0 Å². The SMILES string of the molecule is COc1cc(C(=O)NC[C@](O)(c2cc(C(F)(F)C(N)=O)c(F)c(-c3cc(Cl)c(F)cc3F)n2)C2CC2)cc2cn(C(F)F)nc12. The number of carbonyl (C=O) groups excluding carboxylic acids is 2. The van der Waals surface area contributed by atoms with Gasteiger partial charge in [0.15, 0.2) is 5.82 Å². The number of nitrogens with one attached hydrogen (secondary N) is 1. The van der Waals surface area contributed by atoms with Crippen LogP contribution in [-0.4, -0.2) is 45.3 Å². The summed E-state index contributed by atoms with van der Waals surface area (Å²) in [6.07, 6.45) is 1.57. The summed E-state index contributed by atoms with van der Waals surface area (Å²) in [5, 5.41) is 17.3. The molecule has 238 valence electrons. The number of carbonyl (C=O) groups is 2. The number of amides is 2. The fourth-order valence-corrected chi connectivity index (χ4v) is 4.99. The van der Waals surface area contributed by atoms with E-state index in [1.807, 2.05) is 0 Å². The second-order valence-electron chi connectivity index (χ2n) is 10.3. The summed E-state index contributed by atoms with van der Waals surface area (Å²) in [7, 11) is 1.22. The zero-order valence-corrected chi connectivity index (χ0v) is 23.6. The highest BCUT2D eigenvalue weighted by molar-refractivity contribution is 6.31. The second kappa shape index (κ2) is 11.5. The number of aliphatic hydroxyl groups is 1. The van der Waals surface area contributed by atoms with Crippen LogP contribution < -0.4 is 15.8 Å². The predicted molar refractivity (Wildman–Crippen MR) is 144 cm³/mol. The lowest BCUT2D eigenvalue weighted by atomic mass is 9.89. The Morgan fingerprint density at radius 3 is 2.44 bits per heavy atom. The molecule has 17 heteroatoms. The van der Waals surface area contributed by atoms with Gasteiger partial charge in [0.05, 0.1) is 29.9 Å². The minimum absolute atomic E-state index is 0.0299.